The number of nitrogens with zero attached hydrogens (tertiary/aromatic N) is 1. The smallest absolute Gasteiger partial charge is 0.0317 e. The van der Waals surface area contributed by atoms with Crippen molar-refractivity contribution in [3.8, 4) is 0 Å². The van der Waals surface area contributed by atoms with Crippen LogP contribution in [0.1, 0.15) is 11.1 Å². The first kappa shape index (κ1) is 9.81. The predicted octanol–water partition coefficient (Wildman–Crippen LogP) is 1.68. The van der Waals surface area contributed by atoms with Gasteiger partial charge in [-0.3, -0.25) is 0 Å². The van der Waals surface area contributed by atoms with Gasteiger partial charge in [0.2, 0.25) is 0 Å². The summed E-state index contributed by atoms with van der Waals surface area (Å²) in [6, 6.07) is 8.08. The maximum Gasteiger partial charge on any atom is 0.0317 e. The van der Waals surface area contributed by atoms with E-state index in [2.05, 4.69) is 17.5 Å². The first-order chi connectivity index (χ1) is 6.11. The van der Waals surface area contributed by atoms with Crippen LogP contribution in [0.2, 0.25) is 0 Å². The van der Waals surface area contributed by atoms with Gasteiger partial charge in [0.25, 0.3) is 0 Å². The molecule has 1 aromatic rings. The Balaban J connectivity index is 2.98. The standard InChI is InChI=1S/C11H16N2/c1-9(12)11-7-5-4-6-10(11)8-13(2)3/h4-7H,1,8,12H2,2-3H3. The van der Waals surface area contributed by atoms with Gasteiger partial charge < -0.3 is 10.6 Å². The highest BCUT2D eigenvalue weighted by molar-refractivity contribution is 5.63. The van der Waals surface area contributed by atoms with E-state index in [0.29, 0.717) is 5.70 Å². The summed E-state index contributed by atoms with van der Waals surface area (Å²) in [7, 11) is 4.08. The Bertz CT molecular complexity index is 303. The molecule has 2 N–H and O–H groups in total. The van der Waals surface area contributed by atoms with Crippen molar-refractivity contribution in [2.45, 2.75) is 6.54 Å². The Labute approximate surface area is 79.7 Å². The zero-order valence-electron chi connectivity index (χ0n) is 8.25. The van der Waals surface area contributed by atoms with Gasteiger partial charge in [-0.25, -0.2) is 0 Å². The van der Waals surface area contributed by atoms with Crippen molar-refractivity contribution >= 4 is 5.70 Å². The van der Waals surface area contributed by atoms with E-state index in [9.17, 15) is 0 Å². The fourth-order valence-corrected chi connectivity index (χ4v) is 1.31. The number of benzene rings is 1. The quantitative estimate of drug-likeness (QED) is 0.759. The third-order valence-corrected chi connectivity index (χ3v) is 1.85. The number of hydrogen-bond acceptors (Lipinski definition) is 2. The molecule has 13 heavy (non-hydrogen) atoms. The van der Waals surface area contributed by atoms with Gasteiger partial charge in [-0.05, 0) is 19.7 Å². The second-order valence-corrected chi connectivity index (χ2v) is 3.42. The van der Waals surface area contributed by atoms with Gasteiger partial charge in [0.1, 0.15) is 0 Å². The summed E-state index contributed by atoms with van der Waals surface area (Å²) in [6.07, 6.45) is 0. The number of hydrogen-bond donors (Lipinski definition) is 1. The molecule has 0 fully saturated rings. The van der Waals surface area contributed by atoms with E-state index in [1.54, 1.807) is 0 Å². The van der Waals surface area contributed by atoms with Gasteiger partial charge >= 0.3 is 0 Å². The molecule has 0 atom stereocenters. The molecule has 0 aliphatic carbocycles. The summed E-state index contributed by atoms with van der Waals surface area (Å²) in [6.45, 7) is 4.65. The molecule has 0 aromatic heterocycles. The highest BCUT2D eigenvalue weighted by Gasteiger charge is 2.02. The Hall–Kier alpha value is -1.28. The van der Waals surface area contributed by atoms with Crippen molar-refractivity contribution < 1.29 is 0 Å². The van der Waals surface area contributed by atoms with Gasteiger partial charge in [0, 0.05) is 17.8 Å². The lowest BCUT2D eigenvalue weighted by atomic mass is 10.1. The lowest BCUT2D eigenvalue weighted by molar-refractivity contribution is 0.402. The van der Waals surface area contributed by atoms with Crippen LogP contribution in [0.4, 0.5) is 0 Å². The zero-order valence-corrected chi connectivity index (χ0v) is 8.25. The van der Waals surface area contributed by atoms with Crippen molar-refractivity contribution in [2.24, 2.45) is 5.73 Å². The Morgan fingerprint density at radius 3 is 2.54 bits per heavy atom. The summed E-state index contributed by atoms with van der Waals surface area (Å²) in [4.78, 5) is 2.11. The average Bonchev–Trinajstić information content (AvgIpc) is 2.03. The van der Waals surface area contributed by atoms with E-state index >= 15 is 0 Å². The van der Waals surface area contributed by atoms with Gasteiger partial charge in [-0.2, -0.15) is 0 Å². The Kier molecular flexibility index (Phi) is 3.09. The maximum atomic E-state index is 5.68. The van der Waals surface area contributed by atoms with E-state index in [4.69, 9.17) is 5.73 Å². The van der Waals surface area contributed by atoms with Crippen LogP contribution < -0.4 is 5.73 Å². The molecule has 0 radical (unpaired) electrons. The fraction of sp³-hybridized carbons (Fsp3) is 0.273. The molecule has 1 aromatic carbocycles. The monoisotopic (exact) mass is 176 g/mol. The average molecular weight is 176 g/mol. The maximum absolute atomic E-state index is 5.68. The molecule has 70 valence electrons. The highest BCUT2D eigenvalue weighted by Crippen LogP contribution is 2.14. The summed E-state index contributed by atoms with van der Waals surface area (Å²) < 4.78 is 0. The summed E-state index contributed by atoms with van der Waals surface area (Å²) in [5.74, 6) is 0. The van der Waals surface area contributed by atoms with E-state index in [-0.39, 0.29) is 0 Å². The van der Waals surface area contributed by atoms with Crippen LogP contribution in [-0.2, 0) is 6.54 Å². The zero-order chi connectivity index (χ0) is 9.84. The van der Waals surface area contributed by atoms with Crippen LogP contribution in [0.25, 0.3) is 5.70 Å². The molecule has 0 amide bonds. The molecule has 0 bridgehead atoms. The van der Waals surface area contributed by atoms with Crippen molar-refractivity contribution in [3.63, 3.8) is 0 Å². The second-order valence-electron chi connectivity index (χ2n) is 3.42. The van der Waals surface area contributed by atoms with Crippen molar-refractivity contribution in [1.82, 2.24) is 4.90 Å². The van der Waals surface area contributed by atoms with Crippen LogP contribution in [-0.4, -0.2) is 19.0 Å². The van der Waals surface area contributed by atoms with Crippen LogP contribution >= 0.6 is 0 Å². The molecule has 0 spiro atoms. The lowest BCUT2D eigenvalue weighted by Gasteiger charge is -2.13. The fourth-order valence-electron chi connectivity index (χ4n) is 1.31. The topological polar surface area (TPSA) is 29.3 Å². The highest BCUT2D eigenvalue weighted by atomic mass is 15.0. The molecule has 2 heteroatoms. The number of rotatable bonds is 3. The molecular weight excluding hydrogens is 160 g/mol. The van der Waals surface area contributed by atoms with E-state index < -0.39 is 0 Å². The largest absolute Gasteiger partial charge is 0.399 e. The van der Waals surface area contributed by atoms with Gasteiger partial charge in [-0.15, -0.1) is 0 Å². The molecule has 0 heterocycles. The van der Waals surface area contributed by atoms with Crippen molar-refractivity contribution in [2.75, 3.05) is 14.1 Å². The molecular formula is C11H16N2. The minimum Gasteiger partial charge on any atom is -0.399 e. The minimum atomic E-state index is 0.637. The lowest BCUT2D eigenvalue weighted by Crippen LogP contribution is -2.12. The molecule has 0 aliphatic heterocycles. The molecule has 0 saturated heterocycles. The van der Waals surface area contributed by atoms with E-state index in [1.807, 2.05) is 32.3 Å². The normalized spacial score (nSPS) is 10.4. The van der Waals surface area contributed by atoms with Crippen molar-refractivity contribution in [1.29, 1.82) is 0 Å². The molecule has 0 unspecified atom stereocenters. The third-order valence-electron chi connectivity index (χ3n) is 1.85. The number of nitrogens with two attached hydrogens (primary N) is 1. The SMILES string of the molecule is C=C(N)c1ccccc1CN(C)C. The van der Waals surface area contributed by atoms with Crippen LogP contribution in [0, 0.1) is 0 Å². The summed E-state index contributed by atoms with van der Waals surface area (Å²) in [5, 5.41) is 0. The minimum absolute atomic E-state index is 0.637. The molecule has 2 nitrogen and oxygen atoms in total. The molecule has 0 aliphatic rings. The second kappa shape index (κ2) is 4.10. The summed E-state index contributed by atoms with van der Waals surface area (Å²) >= 11 is 0. The third kappa shape index (κ3) is 2.60. The van der Waals surface area contributed by atoms with Gasteiger partial charge in [0.05, 0.1) is 0 Å². The predicted molar refractivity (Wildman–Crippen MR) is 57.1 cm³/mol. The Morgan fingerprint density at radius 2 is 2.00 bits per heavy atom. The first-order valence-electron chi connectivity index (χ1n) is 4.28. The first-order valence-corrected chi connectivity index (χ1v) is 4.28. The van der Waals surface area contributed by atoms with Gasteiger partial charge in [0.15, 0.2) is 0 Å². The van der Waals surface area contributed by atoms with Crippen LogP contribution in [0.15, 0.2) is 30.8 Å². The molecule has 0 saturated carbocycles. The Morgan fingerprint density at radius 1 is 1.38 bits per heavy atom. The van der Waals surface area contributed by atoms with E-state index in [1.165, 1.54) is 5.56 Å². The van der Waals surface area contributed by atoms with Gasteiger partial charge in [-0.1, -0.05) is 30.8 Å². The summed E-state index contributed by atoms with van der Waals surface area (Å²) in [5.41, 5.74) is 8.59. The van der Waals surface area contributed by atoms with Crippen molar-refractivity contribution in [3.05, 3.63) is 42.0 Å². The van der Waals surface area contributed by atoms with Crippen LogP contribution in [0.3, 0.4) is 0 Å². The molecule has 1 rings (SSSR count). The van der Waals surface area contributed by atoms with Crippen LogP contribution in [0.5, 0.6) is 0 Å². The van der Waals surface area contributed by atoms with E-state index in [0.717, 1.165) is 12.1 Å².